The number of hydrogen-bond donors (Lipinski definition) is 2. The number of nitrogens with one attached hydrogen (secondary N) is 1. The van der Waals surface area contributed by atoms with Gasteiger partial charge >= 0.3 is 11.6 Å². The molecule has 49 heavy (non-hydrogen) atoms. The minimum Gasteiger partial charge on any atom is -0.386 e. The summed E-state index contributed by atoms with van der Waals surface area (Å²) in [5, 5.41) is 19.3. The summed E-state index contributed by atoms with van der Waals surface area (Å²) in [5.41, 5.74) is -1.60. The molecule has 0 radical (unpaired) electrons. The summed E-state index contributed by atoms with van der Waals surface area (Å²) < 4.78 is 61.7. The molecule has 0 spiro atoms. The van der Waals surface area contributed by atoms with E-state index >= 15 is 8.78 Å². The number of nitrogens with zero attached hydrogens (tertiary/aromatic N) is 7. The number of alkyl halides is 2. The molecule has 0 saturated carbocycles. The lowest BCUT2D eigenvalue weighted by molar-refractivity contribution is -0.104. The van der Waals surface area contributed by atoms with Gasteiger partial charge in [0.15, 0.2) is 5.54 Å². The average Bonchev–Trinajstić information content (AvgIpc) is 3.53. The summed E-state index contributed by atoms with van der Waals surface area (Å²) in [6, 6.07) is 16.3. The van der Waals surface area contributed by atoms with E-state index in [4.69, 9.17) is 0 Å². The summed E-state index contributed by atoms with van der Waals surface area (Å²) in [6.45, 7) is 9.96. The number of anilines is 2. The second-order valence-corrected chi connectivity index (χ2v) is 13.4. The third kappa shape index (κ3) is 6.28. The highest BCUT2D eigenvalue weighted by molar-refractivity contribution is 5.66. The van der Waals surface area contributed by atoms with Gasteiger partial charge in [0.1, 0.15) is 23.4 Å². The Bertz CT molecular complexity index is 1970. The molecule has 1 fully saturated rings. The normalized spacial score (nSPS) is 16.0. The maximum absolute atomic E-state index is 16.3. The Kier molecular flexibility index (Phi) is 8.78. The van der Waals surface area contributed by atoms with Crippen molar-refractivity contribution in [3.05, 3.63) is 118 Å². The zero-order valence-corrected chi connectivity index (χ0v) is 27.4. The van der Waals surface area contributed by atoms with Gasteiger partial charge in [-0.1, -0.05) is 45.0 Å². The number of aliphatic hydroxyl groups excluding tert-OH is 1. The molecule has 2 aromatic carbocycles. The maximum atomic E-state index is 16.3. The Balaban J connectivity index is 1.16. The van der Waals surface area contributed by atoms with Gasteiger partial charge in [0.05, 0.1) is 17.6 Å². The van der Waals surface area contributed by atoms with Crippen LogP contribution in [0, 0.1) is 17.0 Å². The van der Waals surface area contributed by atoms with E-state index in [1.165, 1.54) is 12.3 Å². The Morgan fingerprint density at radius 2 is 1.43 bits per heavy atom. The number of benzene rings is 2. The van der Waals surface area contributed by atoms with Crippen LogP contribution in [0.3, 0.4) is 0 Å². The van der Waals surface area contributed by atoms with Crippen molar-refractivity contribution in [3.63, 3.8) is 0 Å². The van der Waals surface area contributed by atoms with E-state index in [-0.39, 0.29) is 5.41 Å². The Morgan fingerprint density at radius 1 is 0.796 bits per heavy atom. The largest absolute Gasteiger partial charge is 0.386 e. The van der Waals surface area contributed by atoms with Crippen LogP contribution in [0.15, 0.2) is 83.9 Å². The van der Waals surface area contributed by atoms with Crippen LogP contribution in [-0.4, -0.2) is 61.5 Å². The summed E-state index contributed by atoms with van der Waals surface area (Å²) in [5.74, 6) is -6.24. The predicted octanol–water partition coefficient (Wildman–Crippen LogP) is 5.66. The van der Waals surface area contributed by atoms with Crippen molar-refractivity contribution in [2.75, 3.05) is 36.0 Å². The fourth-order valence-corrected chi connectivity index (χ4v) is 6.07. The van der Waals surface area contributed by atoms with Crippen molar-refractivity contribution in [3.8, 4) is 11.1 Å². The van der Waals surface area contributed by atoms with E-state index in [0.717, 1.165) is 68.2 Å². The van der Waals surface area contributed by atoms with Crippen molar-refractivity contribution in [2.24, 2.45) is 5.41 Å². The molecular formula is C35H36F4N8O2. The van der Waals surface area contributed by atoms with Crippen LogP contribution in [0.25, 0.3) is 11.1 Å². The van der Waals surface area contributed by atoms with Crippen molar-refractivity contribution >= 4 is 11.4 Å². The van der Waals surface area contributed by atoms with E-state index in [1.807, 2.05) is 62.3 Å². The minimum atomic E-state index is -4.00. The number of hydrogen-bond acceptors (Lipinski definition) is 8. The predicted molar refractivity (Wildman–Crippen MR) is 176 cm³/mol. The van der Waals surface area contributed by atoms with Gasteiger partial charge in [0.2, 0.25) is 0 Å². The highest BCUT2D eigenvalue weighted by atomic mass is 19.3. The summed E-state index contributed by atoms with van der Waals surface area (Å²) >= 11 is 0. The number of piperazine rings is 1. The van der Waals surface area contributed by atoms with Gasteiger partial charge in [0.25, 0.3) is 0 Å². The highest BCUT2D eigenvalue weighted by Crippen LogP contribution is 2.47. The van der Waals surface area contributed by atoms with E-state index in [9.17, 15) is 18.7 Å². The molecule has 10 nitrogen and oxygen atoms in total. The van der Waals surface area contributed by atoms with Gasteiger partial charge < -0.3 is 14.9 Å². The van der Waals surface area contributed by atoms with Crippen LogP contribution < -0.4 is 15.5 Å². The standard InChI is InChI=1S/C35H36F4N8O2/c1-33(2,3)31(48)29-13-11-26(21-40-29)46-17-15-45(16-18-46)25-9-5-22(6-10-25)23-7-14-30(41-20-23)35(38,39)34(4,47-32(49)42-43-44-47)27-12-8-24(36)19-28(27)37/h5-14,19-21,31,48H,15-18H2,1-4H3,(H,42,44,49)/t31?,34-/m1/s1. The third-order valence-corrected chi connectivity index (χ3v) is 9.13. The summed E-state index contributed by atoms with van der Waals surface area (Å²) in [7, 11) is 0. The summed E-state index contributed by atoms with van der Waals surface area (Å²) in [6.07, 6.45) is 2.44. The van der Waals surface area contributed by atoms with Gasteiger partial charge in [-0.25, -0.2) is 18.7 Å². The molecule has 3 aromatic heterocycles. The third-order valence-electron chi connectivity index (χ3n) is 9.13. The number of tetrazole rings is 1. The molecule has 2 N–H and O–H groups in total. The van der Waals surface area contributed by atoms with E-state index < -0.39 is 46.1 Å². The number of aromatic nitrogens is 6. The monoisotopic (exact) mass is 676 g/mol. The molecule has 1 aliphatic heterocycles. The quantitative estimate of drug-likeness (QED) is 0.202. The molecule has 14 heteroatoms. The van der Waals surface area contributed by atoms with Crippen molar-refractivity contribution < 1.29 is 22.7 Å². The average molecular weight is 677 g/mol. The first-order chi connectivity index (χ1) is 23.2. The smallest absolute Gasteiger partial charge is 0.362 e. The molecule has 0 amide bonds. The molecule has 0 aliphatic carbocycles. The molecule has 2 atom stereocenters. The molecule has 0 bridgehead atoms. The molecule has 6 rings (SSSR count). The molecular weight excluding hydrogens is 640 g/mol. The molecule has 1 aliphatic rings. The zero-order chi connectivity index (χ0) is 35.1. The molecule has 256 valence electrons. The molecule has 4 heterocycles. The van der Waals surface area contributed by atoms with Gasteiger partial charge in [0, 0.05) is 55.3 Å². The lowest BCUT2D eigenvalue weighted by atomic mass is 9.83. The first-order valence-corrected chi connectivity index (χ1v) is 15.8. The van der Waals surface area contributed by atoms with Crippen LogP contribution in [-0.2, 0) is 11.5 Å². The second kappa shape index (κ2) is 12.7. The fourth-order valence-electron chi connectivity index (χ4n) is 6.07. The van der Waals surface area contributed by atoms with Crippen LogP contribution >= 0.6 is 0 Å². The maximum Gasteiger partial charge on any atom is 0.362 e. The van der Waals surface area contributed by atoms with Gasteiger partial charge in [-0.15, -0.1) is 0 Å². The van der Waals surface area contributed by atoms with Gasteiger partial charge in [-0.3, -0.25) is 9.97 Å². The van der Waals surface area contributed by atoms with E-state index in [0.29, 0.717) is 22.0 Å². The number of aliphatic hydroxyl groups is 1. The topological polar surface area (TPSA) is 116 Å². The second-order valence-electron chi connectivity index (χ2n) is 13.4. The van der Waals surface area contributed by atoms with Crippen molar-refractivity contribution in [2.45, 2.75) is 45.3 Å². The van der Waals surface area contributed by atoms with Crippen molar-refractivity contribution in [1.82, 2.24) is 30.2 Å². The lowest BCUT2D eigenvalue weighted by Crippen LogP contribution is -2.52. The van der Waals surface area contributed by atoms with Gasteiger partial charge in [-0.2, -0.15) is 13.5 Å². The number of aromatic amines is 1. The molecule has 5 aromatic rings. The van der Waals surface area contributed by atoms with E-state index in [1.54, 1.807) is 6.20 Å². The summed E-state index contributed by atoms with van der Waals surface area (Å²) in [4.78, 5) is 25.5. The van der Waals surface area contributed by atoms with Crippen LogP contribution in [0.4, 0.5) is 28.9 Å². The Labute approximate surface area is 280 Å². The SMILES string of the molecule is CC(C)(C)C(O)c1ccc(N2CCN(c3ccc(-c4ccc(C(F)(F)[C@@](C)(c5ccc(F)cc5F)n5nn[nH]c5=O)nc4)cc3)CC2)cn1. The van der Waals surface area contributed by atoms with Crippen LogP contribution in [0.1, 0.15) is 50.8 Å². The van der Waals surface area contributed by atoms with E-state index in [2.05, 4.69) is 30.2 Å². The highest BCUT2D eigenvalue weighted by Gasteiger charge is 2.58. The molecule has 1 saturated heterocycles. The zero-order valence-electron chi connectivity index (χ0n) is 27.4. The van der Waals surface area contributed by atoms with Crippen LogP contribution in [0.2, 0.25) is 0 Å². The van der Waals surface area contributed by atoms with Gasteiger partial charge in [-0.05, 0) is 64.7 Å². The number of pyridine rings is 2. The van der Waals surface area contributed by atoms with Crippen molar-refractivity contribution in [1.29, 1.82) is 0 Å². The first-order valence-electron chi connectivity index (χ1n) is 15.8. The lowest BCUT2D eigenvalue weighted by Gasteiger charge is -2.37. The minimum absolute atomic E-state index is 0.303. The number of H-pyrrole nitrogens is 1. The van der Waals surface area contributed by atoms with Crippen LogP contribution in [0.5, 0.6) is 0 Å². The Morgan fingerprint density at radius 3 is 1.96 bits per heavy atom. The fraction of sp³-hybridized carbons (Fsp3) is 0.343. The first kappa shape index (κ1) is 33.8. The number of rotatable bonds is 8. The Hall–Kier alpha value is -5.11. The number of halogens is 4. The molecule has 1 unspecified atom stereocenters.